The van der Waals surface area contributed by atoms with Crippen LogP contribution >= 0.6 is 0 Å². The van der Waals surface area contributed by atoms with Gasteiger partial charge in [0.05, 0.1) is 6.61 Å². The molecule has 196 valence electrons. The van der Waals surface area contributed by atoms with Crippen molar-refractivity contribution in [2.75, 3.05) is 6.61 Å². The van der Waals surface area contributed by atoms with Crippen LogP contribution in [0.3, 0.4) is 0 Å². The third-order valence-corrected chi connectivity index (χ3v) is 6.65. The van der Waals surface area contributed by atoms with Crippen molar-refractivity contribution < 1.29 is 9.53 Å². The number of hydrogen-bond donors (Lipinski definition) is 0. The molecule has 0 aliphatic carbocycles. The molecular formula is C31H60O2. The molecule has 0 spiro atoms. The van der Waals surface area contributed by atoms with Crippen LogP contribution in [0.15, 0.2) is 12.2 Å². The minimum atomic E-state index is 0.0157. The summed E-state index contributed by atoms with van der Waals surface area (Å²) in [5.74, 6) is 0.0157. The molecule has 0 rings (SSSR count). The number of carbonyl (C=O) groups is 1. The Morgan fingerprint density at radius 3 is 1.30 bits per heavy atom. The van der Waals surface area contributed by atoms with Gasteiger partial charge in [0.25, 0.3) is 0 Å². The number of carbonyl (C=O) groups excluding carboxylic acids is 1. The second-order valence-electron chi connectivity index (χ2n) is 10.1. The molecule has 0 saturated carbocycles. The first-order valence-electron chi connectivity index (χ1n) is 15.1. The second-order valence-corrected chi connectivity index (χ2v) is 10.1. The van der Waals surface area contributed by atoms with Crippen molar-refractivity contribution in [1.29, 1.82) is 0 Å². The van der Waals surface area contributed by atoms with Crippen LogP contribution in [0.5, 0.6) is 0 Å². The van der Waals surface area contributed by atoms with Gasteiger partial charge in [0.2, 0.25) is 0 Å². The van der Waals surface area contributed by atoms with E-state index in [1.165, 1.54) is 141 Å². The summed E-state index contributed by atoms with van der Waals surface area (Å²) in [6, 6.07) is 0. The summed E-state index contributed by atoms with van der Waals surface area (Å²) >= 11 is 0. The summed E-state index contributed by atoms with van der Waals surface area (Å²) in [4.78, 5) is 11.8. The highest BCUT2D eigenvalue weighted by Crippen LogP contribution is 2.13. The summed E-state index contributed by atoms with van der Waals surface area (Å²) in [5.41, 5.74) is 0. The number of rotatable bonds is 27. The van der Waals surface area contributed by atoms with Crippen LogP contribution in [0.2, 0.25) is 0 Å². The highest BCUT2D eigenvalue weighted by molar-refractivity contribution is 5.69. The Hall–Kier alpha value is -0.790. The fraction of sp³-hybridized carbons (Fsp3) is 0.903. The normalized spacial score (nSPS) is 11.5. The Morgan fingerprint density at radius 1 is 0.485 bits per heavy atom. The molecule has 0 aromatic rings. The van der Waals surface area contributed by atoms with Crippen molar-refractivity contribution in [3.63, 3.8) is 0 Å². The molecule has 0 unspecified atom stereocenters. The third-order valence-electron chi connectivity index (χ3n) is 6.65. The quantitative estimate of drug-likeness (QED) is 0.0686. The molecule has 0 aromatic heterocycles. The van der Waals surface area contributed by atoms with E-state index < -0.39 is 0 Å². The van der Waals surface area contributed by atoms with E-state index in [4.69, 9.17) is 4.74 Å². The van der Waals surface area contributed by atoms with Gasteiger partial charge in [-0.05, 0) is 38.5 Å². The Kier molecular flexibility index (Phi) is 28.5. The monoisotopic (exact) mass is 464 g/mol. The molecule has 0 radical (unpaired) electrons. The minimum absolute atomic E-state index is 0.0157. The van der Waals surface area contributed by atoms with E-state index in [1.807, 2.05) is 0 Å². The molecule has 33 heavy (non-hydrogen) atoms. The molecule has 0 bridgehead atoms. The minimum Gasteiger partial charge on any atom is -0.466 e. The van der Waals surface area contributed by atoms with Gasteiger partial charge in [0, 0.05) is 6.42 Å². The van der Waals surface area contributed by atoms with Gasteiger partial charge in [0.15, 0.2) is 0 Å². The lowest BCUT2D eigenvalue weighted by Crippen LogP contribution is -2.05. The predicted molar refractivity (Wildman–Crippen MR) is 147 cm³/mol. The zero-order valence-electron chi connectivity index (χ0n) is 22.9. The van der Waals surface area contributed by atoms with Crippen molar-refractivity contribution in [3.05, 3.63) is 12.2 Å². The first-order chi connectivity index (χ1) is 16.3. The van der Waals surface area contributed by atoms with Crippen LogP contribution < -0.4 is 0 Å². The number of ether oxygens (including phenoxy) is 1. The SMILES string of the molecule is CCCCCCCC/C=C\CCCCCCCCCCCC(=O)OCCCCCCCCC. The molecular weight excluding hydrogens is 404 g/mol. The topological polar surface area (TPSA) is 26.3 Å². The molecule has 2 heteroatoms. The van der Waals surface area contributed by atoms with Gasteiger partial charge in [-0.3, -0.25) is 4.79 Å². The Balaban J connectivity index is 3.17. The van der Waals surface area contributed by atoms with E-state index in [0.29, 0.717) is 13.0 Å². The number of esters is 1. The van der Waals surface area contributed by atoms with Gasteiger partial charge in [-0.25, -0.2) is 0 Å². The molecule has 0 aliphatic rings. The summed E-state index contributed by atoms with van der Waals surface area (Å²) in [7, 11) is 0. The maximum absolute atomic E-state index is 11.8. The standard InChI is InChI=1S/C31H60O2/c1-3-5-7-9-11-12-13-14-15-16-17-18-19-20-21-22-23-25-27-29-31(32)33-30-28-26-24-10-8-6-4-2/h14-15H,3-13,16-30H2,1-2H3/b15-14-. The van der Waals surface area contributed by atoms with Crippen molar-refractivity contribution >= 4 is 5.97 Å². The molecule has 0 aromatic carbocycles. The van der Waals surface area contributed by atoms with Crippen LogP contribution in [0.4, 0.5) is 0 Å². The van der Waals surface area contributed by atoms with E-state index in [2.05, 4.69) is 26.0 Å². The van der Waals surface area contributed by atoms with Gasteiger partial charge >= 0.3 is 5.97 Å². The first-order valence-corrected chi connectivity index (χ1v) is 15.1. The van der Waals surface area contributed by atoms with Crippen LogP contribution in [-0.2, 0) is 9.53 Å². The van der Waals surface area contributed by atoms with Crippen molar-refractivity contribution in [1.82, 2.24) is 0 Å². The Labute approximate surface area is 208 Å². The lowest BCUT2D eigenvalue weighted by atomic mass is 10.1. The zero-order chi connectivity index (χ0) is 24.1. The number of hydrogen-bond acceptors (Lipinski definition) is 2. The largest absolute Gasteiger partial charge is 0.466 e. The highest BCUT2D eigenvalue weighted by atomic mass is 16.5. The molecule has 0 aliphatic heterocycles. The van der Waals surface area contributed by atoms with E-state index in [1.54, 1.807) is 0 Å². The number of allylic oxidation sites excluding steroid dienone is 2. The van der Waals surface area contributed by atoms with Crippen molar-refractivity contribution in [2.24, 2.45) is 0 Å². The smallest absolute Gasteiger partial charge is 0.305 e. The average molecular weight is 465 g/mol. The first kappa shape index (κ1) is 32.2. The van der Waals surface area contributed by atoms with E-state index >= 15 is 0 Å². The fourth-order valence-electron chi connectivity index (χ4n) is 4.36. The second kappa shape index (κ2) is 29.2. The van der Waals surface area contributed by atoms with Crippen molar-refractivity contribution in [3.8, 4) is 0 Å². The summed E-state index contributed by atoms with van der Waals surface area (Å²) < 4.78 is 5.36. The molecule has 0 N–H and O–H groups in total. The molecule has 0 saturated heterocycles. The van der Waals surface area contributed by atoms with Gasteiger partial charge in [-0.2, -0.15) is 0 Å². The molecule has 0 amide bonds. The summed E-state index contributed by atoms with van der Waals surface area (Å²) in [6.07, 6.45) is 36.9. The highest BCUT2D eigenvalue weighted by Gasteiger charge is 2.02. The third kappa shape index (κ3) is 29.2. The van der Waals surface area contributed by atoms with Crippen LogP contribution in [0, 0.1) is 0 Å². The maximum atomic E-state index is 11.8. The lowest BCUT2D eigenvalue weighted by Gasteiger charge is -2.05. The predicted octanol–water partition coefficient (Wildman–Crippen LogP) is 10.9. The fourth-order valence-corrected chi connectivity index (χ4v) is 4.36. The molecule has 0 heterocycles. The lowest BCUT2D eigenvalue weighted by molar-refractivity contribution is -0.143. The summed E-state index contributed by atoms with van der Waals surface area (Å²) in [5, 5.41) is 0. The maximum Gasteiger partial charge on any atom is 0.305 e. The van der Waals surface area contributed by atoms with E-state index in [9.17, 15) is 4.79 Å². The molecule has 2 nitrogen and oxygen atoms in total. The Morgan fingerprint density at radius 2 is 0.848 bits per heavy atom. The van der Waals surface area contributed by atoms with Crippen LogP contribution in [0.1, 0.15) is 174 Å². The summed E-state index contributed by atoms with van der Waals surface area (Å²) in [6.45, 7) is 5.16. The van der Waals surface area contributed by atoms with Crippen LogP contribution in [0.25, 0.3) is 0 Å². The van der Waals surface area contributed by atoms with Gasteiger partial charge in [0.1, 0.15) is 0 Å². The number of unbranched alkanes of at least 4 members (excludes halogenated alkanes) is 21. The molecule has 0 atom stereocenters. The van der Waals surface area contributed by atoms with Crippen molar-refractivity contribution in [2.45, 2.75) is 174 Å². The molecule has 0 fully saturated rings. The van der Waals surface area contributed by atoms with Gasteiger partial charge in [-0.15, -0.1) is 0 Å². The zero-order valence-corrected chi connectivity index (χ0v) is 22.9. The van der Waals surface area contributed by atoms with Gasteiger partial charge in [-0.1, -0.05) is 142 Å². The Bertz CT molecular complexity index is 402. The van der Waals surface area contributed by atoms with E-state index in [-0.39, 0.29) is 5.97 Å². The average Bonchev–Trinajstić information content (AvgIpc) is 2.82. The van der Waals surface area contributed by atoms with E-state index in [0.717, 1.165) is 12.8 Å². The van der Waals surface area contributed by atoms with Crippen LogP contribution in [-0.4, -0.2) is 12.6 Å². The van der Waals surface area contributed by atoms with Gasteiger partial charge < -0.3 is 4.74 Å².